The van der Waals surface area contributed by atoms with Gasteiger partial charge in [-0.2, -0.15) is 0 Å². The van der Waals surface area contributed by atoms with Gasteiger partial charge in [0.2, 0.25) is 5.95 Å². The molecular formula is C21H18BrN5O2. The number of pyridine rings is 1. The topological polar surface area (TPSA) is 81.4 Å². The van der Waals surface area contributed by atoms with Crippen LogP contribution in [0.4, 0.5) is 5.95 Å². The molecule has 0 saturated carbocycles. The number of esters is 1. The molecule has 0 aliphatic carbocycles. The second-order valence-corrected chi connectivity index (χ2v) is 7.27. The number of anilines is 1. The van der Waals surface area contributed by atoms with Crippen LogP contribution in [-0.2, 0) is 4.74 Å². The number of carbonyl (C=O) groups excluding carboxylic acids is 1. The molecule has 0 unspecified atom stereocenters. The van der Waals surface area contributed by atoms with Crippen LogP contribution in [0.1, 0.15) is 28.9 Å². The molecule has 3 heterocycles. The normalized spacial score (nSPS) is 12.0. The number of methoxy groups -OCH3 is 1. The minimum absolute atomic E-state index is 0.0401. The number of rotatable bonds is 5. The number of nitrogens with one attached hydrogen (secondary N) is 1. The van der Waals surface area contributed by atoms with E-state index in [1.165, 1.54) is 7.11 Å². The number of halogens is 1. The largest absolute Gasteiger partial charge is 0.465 e. The van der Waals surface area contributed by atoms with E-state index in [2.05, 4.69) is 55.3 Å². The Morgan fingerprint density at radius 2 is 1.93 bits per heavy atom. The maximum atomic E-state index is 12.0. The Labute approximate surface area is 175 Å². The monoisotopic (exact) mass is 451 g/mol. The third-order valence-corrected chi connectivity index (χ3v) is 5.15. The van der Waals surface area contributed by atoms with Gasteiger partial charge < -0.3 is 10.1 Å². The summed E-state index contributed by atoms with van der Waals surface area (Å²) >= 11 is 3.52. The predicted octanol–water partition coefficient (Wildman–Crippen LogP) is 4.51. The second kappa shape index (κ2) is 8.00. The quantitative estimate of drug-likeness (QED) is 0.449. The van der Waals surface area contributed by atoms with Crippen molar-refractivity contribution in [1.29, 1.82) is 0 Å². The molecular weight excluding hydrogens is 434 g/mol. The highest BCUT2D eigenvalue weighted by Gasteiger charge is 2.18. The average molecular weight is 452 g/mol. The van der Waals surface area contributed by atoms with E-state index >= 15 is 0 Å². The Kier molecular flexibility index (Phi) is 5.26. The molecule has 146 valence electrons. The van der Waals surface area contributed by atoms with Crippen LogP contribution < -0.4 is 5.32 Å². The van der Waals surface area contributed by atoms with Crippen LogP contribution in [0.25, 0.3) is 17.0 Å². The first-order chi connectivity index (χ1) is 14.1. The van der Waals surface area contributed by atoms with E-state index in [4.69, 9.17) is 4.74 Å². The van der Waals surface area contributed by atoms with E-state index in [-0.39, 0.29) is 6.04 Å². The lowest BCUT2D eigenvalue weighted by Crippen LogP contribution is -2.10. The van der Waals surface area contributed by atoms with E-state index in [1.54, 1.807) is 24.5 Å². The zero-order valence-corrected chi connectivity index (χ0v) is 17.4. The van der Waals surface area contributed by atoms with E-state index in [9.17, 15) is 4.79 Å². The van der Waals surface area contributed by atoms with Crippen molar-refractivity contribution >= 4 is 33.5 Å². The third kappa shape index (κ3) is 3.71. The van der Waals surface area contributed by atoms with Crippen molar-refractivity contribution in [2.75, 3.05) is 12.4 Å². The molecule has 4 aromatic rings. The smallest absolute Gasteiger partial charge is 0.341 e. The summed E-state index contributed by atoms with van der Waals surface area (Å²) in [6.07, 6.45) is 5.21. The van der Waals surface area contributed by atoms with Crippen molar-refractivity contribution in [2.45, 2.75) is 13.0 Å². The molecule has 4 rings (SSSR count). The molecule has 1 N–H and O–H groups in total. The zero-order valence-electron chi connectivity index (χ0n) is 15.8. The molecule has 0 saturated heterocycles. The van der Waals surface area contributed by atoms with E-state index in [0.717, 1.165) is 15.7 Å². The lowest BCUT2D eigenvalue weighted by Gasteiger charge is -2.15. The molecule has 7 nitrogen and oxygen atoms in total. The van der Waals surface area contributed by atoms with Gasteiger partial charge in [0.05, 0.1) is 29.5 Å². The van der Waals surface area contributed by atoms with Crippen molar-refractivity contribution in [3.63, 3.8) is 0 Å². The first-order valence-electron chi connectivity index (χ1n) is 8.97. The lowest BCUT2D eigenvalue weighted by atomic mass is 10.1. The zero-order chi connectivity index (χ0) is 20.4. The van der Waals surface area contributed by atoms with Gasteiger partial charge in [-0.05, 0) is 40.5 Å². The number of hydrogen-bond acceptors (Lipinski definition) is 6. The molecule has 0 bridgehead atoms. The summed E-state index contributed by atoms with van der Waals surface area (Å²) in [5.74, 6) is 0.0622. The van der Waals surface area contributed by atoms with Crippen LogP contribution in [0.3, 0.4) is 0 Å². The van der Waals surface area contributed by atoms with Gasteiger partial charge in [0, 0.05) is 12.4 Å². The van der Waals surface area contributed by atoms with E-state index in [0.29, 0.717) is 22.9 Å². The lowest BCUT2D eigenvalue weighted by molar-refractivity contribution is 0.0602. The molecule has 1 aromatic carbocycles. The summed E-state index contributed by atoms with van der Waals surface area (Å²) < 4.78 is 7.38. The molecule has 29 heavy (non-hydrogen) atoms. The Morgan fingerprint density at radius 1 is 1.14 bits per heavy atom. The molecule has 0 amide bonds. The van der Waals surface area contributed by atoms with Gasteiger partial charge in [-0.25, -0.2) is 19.7 Å². The Bertz CT molecular complexity index is 1180. The van der Waals surface area contributed by atoms with E-state index < -0.39 is 5.97 Å². The maximum Gasteiger partial charge on any atom is 0.341 e. The molecule has 1 atom stereocenters. The maximum absolute atomic E-state index is 12.0. The van der Waals surface area contributed by atoms with Gasteiger partial charge in [0.1, 0.15) is 11.3 Å². The molecule has 3 aromatic heterocycles. The number of nitrogens with zero attached hydrogens (tertiary/aromatic N) is 4. The number of imidazole rings is 1. The third-order valence-electron chi connectivity index (χ3n) is 4.57. The van der Waals surface area contributed by atoms with Crippen LogP contribution in [0.5, 0.6) is 0 Å². The highest BCUT2D eigenvalue weighted by Crippen LogP contribution is 2.29. The first kappa shape index (κ1) is 19.1. The van der Waals surface area contributed by atoms with Gasteiger partial charge >= 0.3 is 5.97 Å². The number of aromatic nitrogens is 4. The van der Waals surface area contributed by atoms with Gasteiger partial charge in [0.15, 0.2) is 5.65 Å². The number of ether oxygens (including phenoxy) is 1. The molecule has 8 heteroatoms. The molecule has 0 radical (unpaired) electrons. The highest BCUT2D eigenvalue weighted by atomic mass is 79.9. The van der Waals surface area contributed by atoms with Gasteiger partial charge in [-0.1, -0.05) is 30.3 Å². The van der Waals surface area contributed by atoms with Crippen molar-refractivity contribution in [2.24, 2.45) is 0 Å². The molecule has 0 fully saturated rings. The minimum atomic E-state index is -0.437. The Hall–Kier alpha value is -3.26. The molecule has 0 spiro atoms. The van der Waals surface area contributed by atoms with Crippen molar-refractivity contribution in [1.82, 2.24) is 19.4 Å². The van der Waals surface area contributed by atoms with Crippen LogP contribution in [0, 0.1) is 0 Å². The average Bonchev–Trinajstić information content (AvgIpc) is 3.19. The van der Waals surface area contributed by atoms with Crippen LogP contribution in [-0.4, -0.2) is 32.4 Å². The summed E-state index contributed by atoms with van der Waals surface area (Å²) in [7, 11) is 1.35. The fourth-order valence-corrected chi connectivity index (χ4v) is 3.48. The van der Waals surface area contributed by atoms with E-state index in [1.807, 2.05) is 28.8 Å². The first-order valence-corrected chi connectivity index (χ1v) is 9.76. The second-order valence-electron chi connectivity index (χ2n) is 6.42. The number of fused-ring (bicyclic) bond motifs is 1. The van der Waals surface area contributed by atoms with Crippen molar-refractivity contribution in [3.05, 3.63) is 76.7 Å². The molecule has 0 aliphatic rings. The SMILES string of the molecule is COC(=O)c1cccn2c(-c3nc(N[C@@H](C)c4ccccc4)ncc3Br)cnc12. The van der Waals surface area contributed by atoms with Gasteiger partial charge in [-0.3, -0.25) is 4.40 Å². The van der Waals surface area contributed by atoms with Crippen LogP contribution in [0.2, 0.25) is 0 Å². The fourth-order valence-electron chi connectivity index (χ4n) is 3.09. The predicted molar refractivity (Wildman–Crippen MR) is 114 cm³/mol. The number of hydrogen-bond donors (Lipinski definition) is 1. The summed E-state index contributed by atoms with van der Waals surface area (Å²) in [6, 6.07) is 13.6. The van der Waals surface area contributed by atoms with Crippen LogP contribution in [0.15, 0.2) is 65.5 Å². The van der Waals surface area contributed by atoms with Crippen molar-refractivity contribution in [3.8, 4) is 11.4 Å². The van der Waals surface area contributed by atoms with Crippen LogP contribution >= 0.6 is 15.9 Å². The fraction of sp³-hybridized carbons (Fsp3) is 0.143. The summed E-state index contributed by atoms with van der Waals surface area (Å²) in [5.41, 5.74) is 3.43. The summed E-state index contributed by atoms with van der Waals surface area (Å²) in [5, 5.41) is 3.33. The summed E-state index contributed by atoms with van der Waals surface area (Å²) in [6.45, 7) is 2.05. The Morgan fingerprint density at radius 3 is 2.69 bits per heavy atom. The summed E-state index contributed by atoms with van der Waals surface area (Å²) in [4.78, 5) is 25.5. The van der Waals surface area contributed by atoms with Crippen molar-refractivity contribution < 1.29 is 9.53 Å². The standard InChI is InChI=1S/C21H18BrN5O2/c1-13(14-7-4-3-5-8-14)25-21-24-11-16(22)18(26-21)17-12-23-19-15(20(28)29-2)9-6-10-27(17)19/h3-13H,1-2H3,(H,24,25,26)/t13-/m0/s1. The van der Waals surface area contributed by atoms with Gasteiger partial charge in [0.25, 0.3) is 0 Å². The Balaban J connectivity index is 1.72. The number of benzene rings is 1. The number of carbonyl (C=O) groups is 1. The van der Waals surface area contributed by atoms with Gasteiger partial charge in [-0.15, -0.1) is 0 Å². The minimum Gasteiger partial charge on any atom is -0.465 e. The highest BCUT2D eigenvalue weighted by molar-refractivity contribution is 9.10. The molecule has 0 aliphatic heterocycles.